The summed E-state index contributed by atoms with van der Waals surface area (Å²) in [6.07, 6.45) is -0.0595. The second kappa shape index (κ2) is 8.93. The number of anilines is 1. The van der Waals surface area contributed by atoms with Gasteiger partial charge in [-0.2, -0.15) is 13.2 Å². The van der Waals surface area contributed by atoms with Gasteiger partial charge in [0.25, 0.3) is 5.91 Å². The van der Waals surface area contributed by atoms with Gasteiger partial charge in [0.15, 0.2) is 11.4 Å². The molecule has 0 bridgehead atoms. The number of rotatable bonds is 5. The Balaban J connectivity index is 1.58. The fourth-order valence-electron chi connectivity index (χ4n) is 3.67. The van der Waals surface area contributed by atoms with Crippen molar-refractivity contribution in [3.05, 3.63) is 65.4 Å². The van der Waals surface area contributed by atoms with Crippen LogP contribution in [0.2, 0.25) is 0 Å². The average Bonchev–Trinajstić information content (AvgIpc) is 3.25. The summed E-state index contributed by atoms with van der Waals surface area (Å²) in [5.74, 6) is -0.918. The first-order chi connectivity index (χ1) is 15.3. The van der Waals surface area contributed by atoms with E-state index in [9.17, 15) is 22.4 Å². The monoisotopic (exact) mass is 448 g/mol. The van der Waals surface area contributed by atoms with Crippen molar-refractivity contribution in [2.75, 3.05) is 18.0 Å². The molecule has 1 aliphatic rings. The molecule has 1 N–H and O–H groups in total. The normalized spacial score (nSPS) is 14.4. The van der Waals surface area contributed by atoms with Crippen LogP contribution in [0.1, 0.15) is 41.0 Å². The molecular weight excluding hydrogens is 428 g/mol. The number of nitrogens with zero attached hydrogens (tertiary/aromatic N) is 5. The number of carbonyl (C=O) groups is 1. The quantitative estimate of drug-likeness (QED) is 0.602. The van der Waals surface area contributed by atoms with E-state index in [-0.39, 0.29) is 12.2 Å². The van der Waals surface area contributed by atoms with Gasteiger partial charge in [-0.15, -0.1) is 5.10 Å². The van der Waals surface area contributed by atoms with Crippen molar-refractivity contribution in [2.24, 2.45) is 0 Å². The number of carbonyl (C=O) groups excluding carboxylic acids is 1. The van der Waals surface area contributed by atoms with Crippen LogP contribution in [0.25, 0.3) is 5.69 Å². The summed E-state index contributed by atoms with van der Waals surface area (Å²) in [6, 6.07) is 7.74. The number of nitrogens with one attached hydrogen (secondary N) is 1. The van der Waals surface area contributed by atoms with Gasteiger partial charge in [-0.05, 0) is 49.6 Å². The van der Waals surface area contributed by atoms with Gasteiger partial charge in [0.2, 0.25) is 0 Å². The van der Waals surface area contributed by atoms with Crippen molar-refractivity contribution >= 4 is 11.7 Å². The van der Waals surface area contributed by atoms with Crippen LogP contribution in [0.4, 0.5) is 23.4 Å². The summed E-state index contributed by atoms with van der Waals surface area (Å²) >= 11 is 0. The van der Waals surface area contributed by atoms with E-state index in [4.69, 9.17) is 0 Å². The summed E-state index contributed by atoms with van der Waals surface area (Å²) in [5, 5.41) is 9.46. The lowest BCUT2D eigenvalue weighted by Crippen LogP contribution is -2.32. The Labute approximate surface area is 181 Å². The third-order valence-electron chi connectivity index (χ3n) is 5.19. The number of aromatic nitrogens is 4. The molecule has 0 aliphatic carbocycles. The lowest BCUT2D eigenvalue weighted by Gasteiger charge is -2.29. The first kappa shape index (κ1) is 21.7. The first-order valence-corrected chi connectivity index (χ1v) is 10.1. The summed E-state index contributed by atoms with van der Waals surface area (Å²) in [5.41, 5.74) is -1.55. The number of hydrogen-bond donors (Lipinski definition) is 1. The molecule has 4 rings (SSSR count). The molecular formula is C21H20F4N6O. The Morgan fingerprint density at radius 2 is 1.78 bits per heavy atom. The van der Waals surface area contributed by atoms with E-state index in [2.05, 4.69) is 25.5 Å². The number of pyridine rings is 1. The molecule has 1 fully saturated rings. The van der Waals surface area contributed by atoms with Gasteiger partial charge < -0.3 is 10.2 Å². The third-order valence-corrected chi connectivity index (χ3v) is 5.19. The largest absolute Gasteiger partial charge is 0.435 e. The van der Waals surface area contributed by atoms with Crippen LogP contribution in [0.5, 0.6) is 0 Å². The second-order valence-electron chi connectivity index (χ2n) is 7.39. The Morgan fingerprint density at radius 3 is 2.47 bits per heavy atom. The van der Waals surface area contributed by atoms with E-state index in [0.717, 1.165) is 56.6 Å². The molecule has 11 heteroatoms. The maximum absolute atomic E-state index is 13.8. The van der Waals surface area contributed by atoms with Gasteiger partial charge in [-0.3, -0.25) is 4.79 Å². The molecule has 1 aromatic carbocycles. The van der Waals surface area contributed by atoms with Crippen LogP contribution in [-0.2, 0) is 12.7 Å². The first-order valence-electron chi connectivity index (χ1n) is 10.1. The fourth-order valence-corrected chi connectivity index (χ4v) is 3.67. The van der Waals surface area contributed by atoms with Gasteiger partial charge in [-0.25, -0.2) is 14.1 Å². The van der Waals surface area contributed by atoms with Crippen LogP contribution in [0, 0.1) is 5.82 Å². The smallest absolute Gasteiger partial charge is 0.356 e. The molecule has 0 atom stereocenters. The van der Waals surface area contributed by atoms with Crippen LogP contribution in [-0.4, -0.2) is 39.0 Å². The van der Waals surface area contributed by atoms with Crippen LogP contribution < -0.4 is 10.2 Å². The molecule has 1 saturated heterocycles. The molecule has 32 heavy (non-hydrogen) atoms. The number of hydrogen-bond acceptors (Lipinski definition) is 5. The highest BCUT2D eigenvalue weighted by Gasteiger charge is 2.42. The second-order valence-corrected chi connectivity index (χ2v) is 7.39. The Bertz CT molecular complexity index is 1090. The Kier molecular flexibility index (Phi) is 6.06. The molecule has 2 aromatic heterocycles. The molecule has 1 aliphatic heterocycles. The lowest BCUT2D eigenvalue weighted by molar-refractivity contribution is -0.143. The van der Waals surface area contributed by atoms with Crippen molar-refractivity contribution < 1.29 is 22.4 Å². The van der Waals surface area contributed by atoms with E-state index in [1.165, 1.54) is 0 Å². The summed E-state index contributed by atoms with van der Waals surface area (Å²) < 4.78 is 54.9. The fraction of sp³-hybridized carbons (Fsp3) is 0.333. The third kappa shape index (κ3) is 4.56. The summed E-state index contributed by atoms with van der Waals surface area (Å²) in [7, 11) is 0. The molecule has 168 valence electrons. The van der Waals surface area contributed by atoms with Crippen molar-refractivity contribution in [1.82, 2.24) is 25.3 Å². The minimum Gasteiger partial charge on any atom is -0.356 e. The number of amides is 1. The maximum Gasteiger partial charge on any atom is 0.435 e. The van der Waals surface area contributed by atoms with Gasteiger partial charge in [0, 0.05) is 31.4 Å². The molecule has 0 saturated carbocycles. The number of alkyl halides is 3. The average molecular weight is 448 g/mol. The molecule has 3 heterocycles. The van der Waals surface area contributed by atoms with Gasteiger partial charge in [-0.1, -0.05) is 11.3 Å². The van der Waals surface area contributed by atoms with Crippen molar-refractivity contribution in [2.45, 2.75) is 32.0 Å². The highest BCUT2D eigenvalue weighted by atomic mass is 19.4. The molecule has 0 unspecified atom stereocenters. The number of halogens is 4. The topological polar surface area (TPSA) is 75.9 Å². The number of piperidine rings is 1. The van der Waals surface area contributed by atoms with Crippen molar-refractivity contribution in [3.63, 3.8) is 0 Å². The zero-order valence-corrected chi connectivity index (χ0v) is 16.9. The highest BCUT2D eigenvalue weighted by molar-refractivity contribution is 5.93. The molecule has 1 amide bonds. The highest BCUT2D eigenvalue weighted by Crippen LogP contribution is 2.33. The summed E-state index contributed by atoms with van der Waals surface area (Å²) in [4.78, 5) is 19.2. The molecule has 3 aromatic rings. The molecule has 0 radical (unpaired) electrons. The Morgan fingerprint density at radius 1 is 1.06 bits per heavy atom. The van der Waals surface area contributed by atoms with Crippen LogP contribution in [0.15, 0.2) is 42.6 Å². The predicted molar refractivity (Wildman–Crippen MR) is 108 cm³/mol. The van der Waals surface area contributed by atoms with E-state index < -0.39 is 29.3 Å². The minimum atomic E-state index is -4.90. The SMILES string of the molecule is O=C(NCc1cccnc1N1CCCCC1)c1nnn(-c2ccc(F)cc2)c1C(F)(F)F. The van der Waals surface area contributed by atoms with E-state index in [0.29, 0.717) is 16.1 Å². The number of benzene rings is 1. The van der Waals surface area contributed by atoms with Crippen LogP contribution >= 0.6 is 0 Å². The zero-order valence-electron chi connectivity index (χ0n) is 16.9. The predicted octanol–water partition coefficient (Wildman–Crippen LogP) is 3.74. The lowest BCUT2D eigenvalue weighted by atomic mass is 10.1. The Hall–Kier alpha value is -3.50. The minimum absolute atomic E-state index is 0.0147. The van der Waals surface area contributed by atoms with Gasteiger partial charge >= 0.3 is 6.18 Å². The van der Waals surface area contributed by atoms with E-state index in [1.54, 1.807) is 18.3 Å². The molecule has 0 spiro atoms. The van der Waals surface area contributed by atoms with E-state index >= 15 is 0 Å². The zero-order chi connectivity index (χ0) is 22.7. The van der Waals surface area contributed by atoms with Crippen LogP contribution in [0.3, 0.4) is 0 Å². The maximum atomic E-state index is 13.8. The molecule has 7 nitrogen and oxygen atoms in total. The van der Waals surface area contributed by atoms with Gasteiger partial charge in [0.05, 0.1) is 5.69 Å². The van der Waals surface area contributed by atoms with Crippen molar-refractivity contribution in [1.29, 1.82) is 0 Å². The van der Waals surface area contributed by atoms with Crippen molar-refractivity contribution in [3.8, 4) is 5.69 Å². The van der Waals surface area contributed by atoms with Gasteiger partial charge in [0.1, 0.15) is 11.6 Å². The summed E-state index contributed by atoms with van der Waals surface area (Å²) in [6.45, 7) is 1.66. The van der Waals surface area contributed by atoms with E-state index in [1.807, 2.05) is 0 Å². The standard InChI is InChI=1S/C21H20F4N6O/c22-15-6-8-16(9-7-15)31-18(21(23,24)25)17(28-29-31)20(32)27-13-14-5-4-10-26-19(14)30-11-2-1-3-12-30/h4-10H,1-3,11-13H2,(H,27,32).